The van der Waals surface area contributed by atoms with Crippen LogP contribution in [0.1, 0.15) is 101 Å². The Morgan fingerprint density at radius 1 is 0.738 bits per heavy atom. The third-order valence-electron chi connectivity index (χ3n) is 8.97. The van der Waals surface area contributed by atoms with Gasteiger partial charge < -0.3 is 9.88 Å². The van der Waals surface area contributed by atoms with Gasteiger partial charge in [0, 0.05) is 12.2 Å². The highest BCUT2D eigenvalue weighted by molar-refractivity contribution is 5.92. The van der Waals surface area contributed by atoms with Crippen molar-refractivity contribution in [3.63, 3.8) is 0 Å². The molecule has 216 valence electrons. The van der Waals surface area contributed by atoms with Gasteiger partial charge in [-0.2, -0.15) is 0 Å². The minimum Gasteiger partial charge on any atom is -0.353 e. The number of hydrogen-bond donors (Lipinski definition) is 1. The van der Waals surface area contributed by atoms with Crippen molar-refractivity contribution in [2.24, 2.45) is 0 Å². The molecule has 0 amide bonds. The van der Waals surface area contributed by atoms with Gasteiger partial charge in [-0.15, -0.1) is 0 Å². The van der Waals surface area contributed by atoms with Crippen LogP contribution in [0.15, 0.2) is 78.9 Å². The first-order valence-corrected chi connectivity index (χ1v) is 15.6. The van der Waals surface area contributed by atoms with Crippen LogP contribution in [0.2, 0.25) is 0 Å². The first-order valence-electron chi connectivity index (χ1n) is 15.6. The molecule has 0 unspecified atom stereocenters. The molecule has 0 radical (unpaired) electrons. The number of unbranched alkanes of at least 4 members (excludes halogenated alkanes) is 1. The highest BCUT2D eigenvalue weighted by Crippen LogP contribution is 2.50. The highest BCUT2D eigenvalue weighted by Gasteiger charge is 2.35. The summed E-state index contributed by atoms with van der Waals surface area (Å²) in [6, 6.07) is 29.4. The number of nitrogens with one attached hydrogen (secondary N) is 1. The van der Waals surface area contributed by atoms with Crippen molar-refractivity contribution >= 4 is 22.4 Å². The smallest absolute Gasteiger partial charge is 0.122 e. The summed E-state index contributed by atoms with van der Waals surface area (Å²) < 4.78 is 2.50. The van der Waals surface area contributed by atoms with Crippen molar-refractivity contribution in [2.75, 3.05) is 5.32 Å². The molecule has 1 aliphatic carbocycles. The van der Waals surface area contributed by atoms with E-state index in [0.717, 1.165) is 42.1 Å². The van der Waals surface area contributed by atoms with Crippen molar-refractivity contribution in [2.45, 2.75) is 91.5 Å². The molecule has 1 aliphatic rings. The van der Waals surface area contributed by atoms with Gasteiger partial charge in [0.1, 0.15) is 11.3 Å². The molecular formula is C39H45N3. The van der Waals surface area contributed by atoms with Crippen LogP contribution in [0.3, 0.4) is 0 Å². The summed E-state index contributed by atoms with van der Waals surface area (Å²) in [5, 5.41) is 3.71. The zero-order chi connectivity index (χ0) is 29.8. The summed E-state index contributed by atoms with van der Waals surface area (Å²) in [6.07, 6.45) is 2.26. The van der Waals surface area contributed by atoms with Gasteiger partial charge in [0.05, 0.1) is 17.1 Å². The van der Waals surface area contributed by atoms with E-state index in [0.29, 0.717) is 0 Å². The molecule has 0 atom stereocenters. The Labute approximate surface area is 252 Å². The number of para-hydroxylation sites is 2. The molecule has 6 rings (SSSR count). The van der Waals surface area contributed by atoms with Crippen molar-refractivity contribution in [1.29, 1.82) is 0 Å². The fourth-order valence-electron chi connectivity index (χ4n) is 6.36. The summed E-state index contributed by atoms with van der Waals surface area (Å²) in [5.41, 5.74) is 14.0. The molecule has 3 nitrogen and oxygen atoms in total. The van der Waals surface area contributed by atoms with Crippen LogP contribution < -0.4 is 5.32 Å². The Hall–Kier alpha value is -3.85. The standard InChI is InChI=1S/C39H45N3/c1-9-10-22-42-34-17-13-16-33(40-32-15-12-11-14-25(32)2)36(34)41-37(42)35-28-20-18-26(38(3,4)5)23-30(28)31-24-27(39(6,7)8)19-21-29(31)35/h11-21,23-24,35,40H,9-10,22H2,1-8H3. The van der Waals surface area contributed by atoms with Crippen LogP contribution in [-0.4, -0.2) is 9.55 Å². The van der Waals surface area contributed by atoms with E-state index in [1.54, 1.807) is 0 Å². The molecule has 0 fully saturated rings. The van der Waals surface area contributed by atoms with Gasteiger partial charge in [0.25, 0.3) is 0 Å². The second-order valence-electron chi connectivity index (χ2n) is 14.1. The third-order valence-corrected chi connectivity index (χ3v) is 8.97. The van der Waals surface area contributed by atoms with Gasteiger partial charge in [0.2, 0.25) is 0 Å². The Bertz CT molecular complexity index is 1710. The largest absolute Gasteiger partial charge is 0.353 e. The van der Waals surface area contributed by atoms with Crippen LogP contribution in [0, 0.1) is 6.92 Å². The number of anilines is 2. The fourth-order valence-corrected chi connectivity index (χ4v) is 6.36. The quantitative estimate of drug-likeness (QED) is 0.221. The minimum atomic E-state index is 0.0827. The van der Waals surface area contributed by atoms with E-state index in [1.165, 1.54) is 44.5 Å². The molecule has 0 saturated carbocycles. The number of nitrogens with zero attached hydrogens (tertiary/aromatic N) is 2. The monoisotopic (exact) mass is 555 g/mol. The SMILES string of the molecule is CCCCn1c(C2c3ccc(C(C)(C)C)cc3-c3cc(C(C)(C)C)ccc32)nc2c(Nc3ccccc3C)cccc21. The van der Waals surface area contributed by atoms with Gasteiger partial charge in [-0.05, 0) is 81.3 Å². The number of aromatic nitrogens is 2. The minimum absolute atomic E-state index is 0.0827. The highest BCUT2D eigenvalue weighted by atomic mass is 15.1. The normalized spacial score (nSPS) is 13.4. The molecule has 1 N–H and O–H groups in total. The molecule has 0 spiro atoms. The number of aryl methyl sites for hydroxylation is 2. The van der Waals surface area contributed by atoms with E-state index in [9.17, 15) is 0 Å². The average molecular weight is 556 g/mol. The topological polar surface area (TPSA) is 29.9 Å². The van der Waals surface area contributed by atoms with Crippen molar-refractivity contribution in [3.8, 4) is 11.1 Å². The van der Waals surface area contributed by atoms with Crippen molar-refractivity contribution < 1.29 is 0 Å². The summed E-state index contributed by atoms with van der Waals surface area (Å²) in [7, 11) is 0. The maximum absolute atomic E-state index is 5.51. The maximum Gasteiger partial charge on any atom is 0.122 e. The lowest BCUT2D eigenvalue weighted by Gasteiger charge is -2.21. The molecule has 4 aromatic carbocycles. The third kappa shape index (κ3) is 4.93. The number of imidazole rings is 1. The molecule has 0 bridgehead atoms. The lowest BCUT2D eigenvalue weighted by atomic mass is 9.83. The number of hydrogen-bond acceptors (Lipinski definition) is 2. The van der Waals surface area contributed by atoms with E-state index in [-0.39, 0.29) is 16.7 Å². The van der Waals surface area contributed by atoms with Gasteiger partial charge in [0.15, 0.2) is 0 Å². The molecular weight excluding hydrogens is 510 g/mol. The molecule has 1 heterocycles. The van der Waals surface area contributed by atoms with Gasteiger partial charge >= 0.3 is 0 Å². The van der Waals surface area contributed by atoms with Crippen LogP contribution in [-0.2, 0) is 17.4 Å². The number of rotatable bonds is 6. The van der Waals surface area contributed by atoms with Crippen LogP contribution in [0.4, 0.5) is 11.4 Å². The zero-order valence-electron chi connectivity index (χ0n) is 26.6. The average Bonchev–Trinajstić information content (AvgIpc) is 3.47. The molecule has 5 aromatic rings. The number of fused-ring (bicyclic) bond motifs is 4. The lowest BCUT2D eigenvalue weighted by Crippen LogP contribution is -2.13. The summed E-state index contributed by atoms with van der Waals surface area (Å²) in [6.45, 7) is 19.2. The Morgan fingerprint density at radius 2 is 1.33 bits per heavy atom. The fraction of sp³-hybridized carbons (Fsp3) is 0.359. The van der Waals surface area contributed by atoms with E-state index in [4.69, 9.17) is 4.98 Å². The first kappa shape index (κ1) is 28.3. The predicted octanol–water partition coefficient (Wildman–Crippen LogP) is 10.6. The number of benzene rings is 4. The summed E-state index contributed by atoms with van der Waals surface area (Å²) in [5.74, 6) is 1.23. The van der Waals surface area contributed by atoms with Crippen molar-refractivity contribution in [1.82, 2.24) is 9.55 Å². The van der Waals surface area contributed by atoms with E-state index >= 15 is 0 Å². The molecule has 0 saturated heterocycles. The van der Waals surface area contributed by atoms with E-state index in [2.05, 4.69) is 144 Å². The second-order valence-corrected chi connectivity index (χ2v) is 14.1. The van der Waals surface area contributed by atoms with E-state index in [1.807, 2.05) is 0 Å². The molecule has 0 aliphatic heterocycles. The lowest BCUT2D eigenvalue weighted by molar-refractivity contribution is 0.589. The summed E-state index contributed by atoms with van der Waals surface area (Å²) >= 11 is 0. The Morgan fingerprint density at radius 3 is 1.90 bits per heavy atom. The van der Waals surface area contributed by atoms with Gasteiger partial charge in [-0.3, -0.25) is 0 Å². The van der Waals surface area contributed by atoms with Gasteiger partial charge in [-0.1, -0.05) is 116 Å². The zero-order valence-corrected chi connectivity index (χ0v) is 26.6. The maximum atomic E-state index is 5.51. The van der Waals surface area contributed by atoms with Crippen LogP contribution in [0.25, 0.3) is 22.2 Å². The molecule has 1 aromatic heterocycles. The molecule has 3 heteroatoms. The van der Waals surface area contributed by atoms with Crippen molar-refractivity contribution in [3.05, 3.63) is 113 Å². The predicted molar refractivity (Wildman–Crippen MR) is 179 cm³/mol. The Balaban J connectivity index is 1.58. The van der Waals surface area contributed by atoms with Crippen LogP contribution in [0.5, 0.6) is 0 Å². The Kier molecular flexibility index (Phi) is 7.04. The molecule has 42 heavy (non-hydrogen) atoms. The second kappa shape index (κ2) is 10.5. The van der Waals surface area contributed by atoms with Crippen LogP contribution >= 0.6 is 0 Å². The first-order chi connectivity index (χ1) is 20.0. The summed E-state index contributed by atoms with van der Waals surface area (Å²) in [4.78, 5) is 5.51. The van der Waals surface area contributed by atoms with E-state index < -0.39 is 0 Å². The van der Waals surface area contributed by atoms with Gasteiger partial charge in [-0.25, -0.2) is 4.98 Å².